The zero-order valence-corrected chi connectivity index (χ0v) is 15.1. The standard InChI is InChI=1S/C23H20N2O2/c1-16(17-9-3-2-4-10-17)24-22(26)15-25-20-13-7-5-11-18(20)23(27)19-12-6-8-14-21(19)25/h2-14,16H,15H2,1H3,(H,24,26)/t16-/m1/s1. The van der Waals surface area contributed by atoms with Crippen molar-refractivity contribution in [2.45, 2.75) is 19.5 Å². The average Bonchev–Trinajstić information content (AvgIpc) is 2.72. The topological polar surface area (TPSA) is 51.1 Å². The number of fused-ring (bicyclic) bond motifs is 2. The Kier molecular flexibility index (Phi) is 4.47. The number of rotatable bonds is 4. The van der Waals surface area contributed by atoms with Crippen molar-refractivity contribution in [2.24, 2.45) is 0 Å². The van der Waals surface area contributed by atoms with Crippen LogP contribution in [0.3, 0.4) is 0 Å². The molecule has 0 aliphatic rings. The second-order valence-corrected chi connectivity index (χ2v) is 6.65. The highest BCUT2D eigenvalue weighted by Crippen LogP contribution is 2.19. The summed E-state index contributed by atoms with van der Waals surface area (Å²) in [5, 5.41) is 4.30. The van der Waals surface area contributed by atoms with Crippen LogP contribution in [0.2, 0.25) is 0 Å². The average molecular weight is 356 g/mol. The van der Waals surface area contributed by atoms with Crippen LogP contribution in [0.1, 0.15) is 18.5 Å². The molecule has 27 heavy (non-hydrogen) atoms. The Balaban J connectivity index is 1.73. The molecule has 0 spiro atoms. The monoisotopic (exact) mass is 356 g/mol. The predicted octanol–water partition coefficient (Wildman–Crippen LogP) is 4.03. The summed E-state index contributed by atoms with van der Waals surface area (Å²) >= 11 is 0. The van der Waals surface area contributed by atoms with Gasteiger partial charge in [-0.2, -0.15) is 0 Å². The van der Waals surface area contributed by atoms with Gasteiger partial charge >= 0.3 is 0 Å². The molecule has 4 heteroatoms. The van der Waals surface area contributed by atoms with E-state index in [1.54, 1.807) is 0 Å². The zero-order chi connectivity index (χ0) is 18.8. The van der Waals surface area contributed by atoms with Gasteiger partial charge in [0.1, 0.15) is 6.54 Å². The number of benzene rings is 3. The van der Waals surface area contributed by atoms with Crippen LogP contribution >= 0.6 is 0 Å². The van der Waals surface area contributed by atoms with Crippen LogP contribution in [0.15, 0.2) is 83.7 Å². The van der Waals surface area contributed by atoms with Crippen LogP contribution in [0.4, 0.5) is 0 Å². The molecule has 0 radical (unpaired) electrons. The maximum Gasteiger partial charge on any atom is 0.240 e. The third-order valence-electron chi connectivity index (χ3n) is 4.86. The number of nitrogens with one attached hydrogen (secondary N) is 1. The van der Waals surface area contributed by atoms with Gasteiger partial charge in [-0.3, -0.25) is 9.59 Å². The lowest BCUT2D eigenvalue weighted by Gasteiger charge is -2.18. The Morgan fingerprint density at radius 3 is 1.96 bits per heavy atom. The number of pyridine rings is 1. The quantitative estimate of drug-likeness (QED) is 0.561. The van der Waals surface area contributed by atoms with Crippen molar-refractivity contribution in [3.8, 4) is 0 Å². The van der Waals surface area contributed by atoms with Crippen molar-refractivity contribution in [1.82, 2.24) is 9.88 Å². The third kappa shape index (κ3) is 3.22. The minimum absolute atomic E-state index is 0.00416. The van der Waals surface area contributed by atoms with E-state index in [-0.39, 0.29) is 23.9 Å². The molecule has 134 valence electrons. The van der Waals surface area contributed by atoms with Crippen molar-refractivity contribution in [1.29, 1.82) is 0 Å². The molecule has 4 nitrogen and oxygen atoms in total. The molecule has 4 rings (SSSR count). The molecule has 0 aliphatic heterocycles. The van der Waals surface area contributed by atoms with Gasteiger partial charge in [0, 0.05) is 10.8 Å². The molecule has 1 amide bonds. The first kappa shape index (κ1) is 17.0. The summed E-state index contributed by atoms with van der Waals surface area (Å²) in [4.78, 5) is 25.5. The van der Waals surface area contributed by atoms with Crippen LogP contribution < -0.4 is 10.7 Å². The zero-order valence-electron chi connectivity index (χ0n) is 15.1. The summed E-state index contributed by atoms with van der Waals surface area (Å²) in [5.41, 5.74) is 2.59. The van der Waals surface area contributed by atoms with E-state index < -0.39 is 0 Å². The van der Waals surface area contributed by atoms with E-state index in [1.165, 1.54) is 0 Å². The molecule has 1 atom stereocenters. The van der Waals surface area contributed by atoms with Crippen molar-refractivity contribution in [2.75, 3.05) is 0 Å². The molecule has 1 heterocycles. The van der Waals surface area contributed by atoms with E-state index in [0.717, 1.165) is 16.6 Å². The van der Waals surface area contributed by atoms with E-state index in [0.29, 0.717) is 10.8 Å². The van der Waals surface area contributed by atoms with Crippen molar-refractivity contribution in [3.63, 3.8) is 0 Å². The fraction of sp³-hybridized carbons (Fsp3) is 0.130. The normalized spacial score (nSPS) is 12.2. The summed E-state index contributed by atoms with van der Waals surface area (Å²) in [5.74, 6) is -0.0923. The van der Waals surface area contributed by atoms with E-state index in [9.17, 15) is 9.59 Å². The van der Waals surface area contributed by atoms with Gasteiger partial charge < -0.3 is 9.88 Å². The SMILES string of the molecule is C[C@@H](NC(=O)Cn1c2ccccc2c(=O)c2ccccc21)c1ccccc1. The molecule has 4 aromatic rings. The van der Waals surface area contributed by atoms with E-state index >= 15 is 0 Å². The molecule has 0 saturated carbocycles. The molecular weight excluding hydrogens is 336 g/mol. The Morgan fingerprint density at radius 1 is 0.852 bits per heavy atom. The molecular formula is C23H20N2O2. The summed E-state index contributed by atoms with van der Waals surface area (Å²) in [6, 6.07) is 24.6. The summed E-state index contributed by atoms with van der Waals surface area (Å²) < 4.78 is 1.92. The maximum absolute atomic E-state index is 12.8. The maximum atomic E-state index is 12.8. The fourth-order valence-corrected chi connectivity index (χ4v) is 3.50. The molecule has 3 aromatic carbocycles. The minimum atomic E-state index is -0.0923. The third-order valence-corrected chi connectivity index (χ3v) is 4.86. The second-order valence-electron chi connectivity index (χ2n) is 6.65. The van der Waals surface area contributed by atoms with Crippen molar-refractivity contribution in [3.05, 3.63) is 94.6 Å². The first-order valence-corrected chi connectivity index (χ1v) is 9.00. The highest BCUT2D eigenvalue weighted by Gasteiger charge is 2.14. The van der Waals surface area contributed by atoms with Gasteiger partial charge in [-0.05, 0) is 36.8 Å². The van der Waals surface area contributed by atoms with Crippen molar-refractivity contribution < 1.29 is 4.79 Å². The Labute approximate surface area is 157 Å². The number of carbonyl (C=O) groups excluding carboxylic acids is 1. The van der Waals surface area contributed by atoms with E-state index in [4.69, 9.17) is 0 Å². The molecule has 0 fully saturated rings. The van der Waals surface area contributed by atoms with Gasteiger partial charge in [0.15, 0.2) is 5.43 Å². The largest absolute Gasteiger partial charge is 0.348 e. The number of hydrogen-bond acceptors (Lipinski definition) is 2. The summed E-state index contributed by atoms with van der Waals surface area (Å²) in [6.07, 6.45) is 0. The molecule has 0 saturated heterocycles. The van der Waals surface area contributed by atoms with E-state index in [2.05, 4.69) is 5.32 Å². The Morgan fingerprint density at radius 2 is 1.37 bits per heavy atom. The highest BCUT2D eigenvalue weighted by molar-refractivity contribution is 5.94. The lowest BCUT2D eigenvalue weighted by molar-refractivity contribution is -0.122. The van der Waals surface area contributed by atoms with Gasteiger partial charge in [0.05, 0.1) is 17.1 Å². The second kappa shape index (κ2) is 7.08. The first-order chi connectivity index (χ1) is 13.1. The van der Waals surface area contributed by atoms with E-state index in [1.807, 2.05) is 90.4 Å². The first-order valence-electron chi connectivity index (χ1n) is 9.00. The number of aromatic nitrogens is 1. The molecule has 1 aromatic heterocycles. The highest BCUT2D eigenvalue weighted by atomic mass is 16.2. The molecule has 1 N–H and O–H groups in total. The van der Waals surface area contributed by atoms with Crippen LogP contribution in [-0.4, -0.2) is 10.5 Å². The summed E-state index contributed by atoms with van der Waals surface area (Å²) in [7, 11) is 0. The molecule has 0 aliphatic carbocycles. The Hall–Kier alpha value is -3.40. The fourth-order valence-electron chi connectivity index (χ4n) is 3.50. The van der Waals surface area contributed by atoms with Crippen LogP contribution in [-0.2, 0) is 11.3 Å². The summed E-state index contributed by atoms with van der Waals surface area (Å²) in [6.45, 7) is 2.12. The number of para-hydroxylation sites is 2. The minimum Gasteiger partial charge on any atom is -0.348 e. The van der Waals surface area contributed by atoms with Crippen LogP contribution in [0.25, 0.3) is 21.8 Å². The van der Waals surface area contributed by atoms with Crippen molar-refractivity contribution >= 4 is 27.7 Å². The van der Waals surface area contributed by atoms with Gasteiger partial charge in [-0.15, -0.1) is 0 Å². The molecule has 0 bridgehead atoms. The number of hydrogen-bond donors (Lipinski definition) is 1. The van der Waals surface area contributed by atoms with Gasteiger partial charge in [0.2, 0.25) is 5.91 Å². The lowest BCUT2D eigenvalue weighted by atomic mass is 10.1. The van der Waals surface area contributed by atoms with Crippen LogP contribution in [0.5, 0.6) is 0 Å². The lowest BCUT2D eigenvalue weighted by Crippen LogP contribution is -2.30. The van der Waals surface area contributed by atoms with Gasteiger partial charge in [0.25, 0.3) is 0 Å². The Bertz CT molecular complexity index is 1120. The van der Waals surface area contributed by atoms with Crippen LogP contribution in [0, 0.1) is 0 Å². The van der Waals surface area contributed by atoms with Gasteiger partial charge in [-0.25, -0.2) is 0 Å². The number of amides is 1. The smallest absolute Gasteiger partial charge is 0.240 e. The molecule has 0 unspecified atom stereocenters. The number of carbonyl (C=O) groups is 1. The predicted molar refractivity (Wildman–Crippen MR) is 109 cm³/mol. The van der Waals surface area contributed by atoms with Gasteiger partial charge in [-0.1, -0.05) is 54.6 Å². The number of nitrogens with zero attached hydrogens (tertiary/aromatic N) is 1.